The van der Waals surface area contributed by atoms with Crippen molar-refractivity contribution < 1.29 is 19.4 Å². The minimum Gasteiger partial charge on any atom is -0.423 e. The summed E-state index contributed by atoms with van der Waals surface area (Å²) < 4.78 is 4.20. The number of nitrogens with two attached hydrogens (primary N) is 1. The van der Waals surface area contributed by atoms with Crippen molar-refractivity contribution in [3.8, 4) is 0 Å². The van der Waals surface area contributed by atoms with Crippen molar-refractivity contribution >= 4 is 11.9 Å². The summed E-state index contributed by atoms with van der Waals surface area (Å²) in [6.07, 6.45) is 0.942. The summed E-state index contributed by atoms with van der Waals surface area (Å²) >= 11 is 0. The van der Waals surface area contributed by atoms with Crippen molar-refractivity contribution in [1.29, 1.82) is 0 Å². The van der Waals surface area contributed by atoms with Crippen molar-refractivity contribution in [3.05, 3.63) is 6.42 Å². The predicted molar refractivity (Wildman–Crippen MR) is 29.2 cm³/mol. The maximum atomic E-state index is 10.3. The second kappa shape index (κ2) is 1.95. The van der Waals surface area contributed by atoms with Crippen LogP contribution in [0.1, 0.15) is 6.42 Å². The predicted octanol–water partition coefficient (Wildman–Crippen LogP) is -1.69. The normalized spacial score (nSPS) is 31.9. The monoisotopic (exact) mass is 144 g/mol. The maximum absolute atomic E-state index is 10.3. The second-order valence-electron chi connectivity index (χ2n) is 1.94. The van der Waals surface area contributed by atoms with Crippen molar-refractivity contribution in [2.24, 2.45) is 5.73 Å². The van der Waals surface area contributed by atoms with E-state index < -0.39 is 17.7 Å². The molecule has 3 N–H and O–H groups in total. The van der Waals surface area contributed by atoms with Gasteiger partial charge in [0.2, 0.25) is 0 Å². The van der Waals surface area contributed by atoms with E-state index in [1.165, 1.54) is 0 Å². The molecule has 5 nitrogen and oxygen atoms in total. The van der Waals surface area contributed by atoms with Crippen LogP contribution in [0.15, 0.2) is 0 Å². The molecule has 1 rings (SSSR count). The molecule has 0 aliphatic carbocycles. The van der Waals surface area contributed by atoms with E-state index in [1.807, 2.05) is 0 Å². The minimum absolute atomic E-state index is 0.0839. The Hall–Kier alpha value is -1.10. The van der Waals surface area contributed by atoms with Crippen molar-refractivity contribution in [3.63, 3.8) is 0 Å². The van der Waals surface area contributed by atoms with Crippen LogP contribution in [0.5, 0.6) is 0 Å². The number of esters is 1. The Morgan fingerprint density at radius 3 is 2.70 bits per heavy atom. The first-order chi connectivity index (χ1) is 4.54. The number of amides is 1. The van der Waals surface area contributed by atoms with Gasteiger partial charge in [-0.15, -0.1) is 0 Å². The SMILES string of the molecule is NC(=O)C1(O)[CH]CC(=O)O1. The van der Waals surface area contributed by atoms with Gasteiger partial charge in [-0.2, -0.15) is 0 Å². The van der Waals surface area contributed by atoms with Crippen LogP contribution >= 0.6 is 0 Å². The Morgan fingerprint density at radius 1 is 1.90 bits per heavy atom. The summed E-state index contributed by atoms with van der Waals surface area (Å²) in [4.78, 5) is 20.7. The first kappa shape index (κ1) is 7.01. The van der Waals surface area contributed by atoms with Gasteiger partial charge in [0.1, 0.15) is 0 Å². The smallest absolute Gasteiger partial charge is 0.309 e. The molecule has 1 radical (unpaired) electrons. The minimum atomic E-state index is -2.17. The zero-order valence-electron chi connectivity index (χ0n) is 5.03. The van der Waals surface area contributed by atoms with Gasteiger partial charge in [0, 0.05) is 0 Å². The molecule has 0 aromatic carbocycles. The highest BCUT2D eigenvalue weighted by Crippen LogP contribution is 2.21. The van der Waals surface area contributed by atoms with Gasteiger partial charge in [-0.3, -0.25) is 9.59 Å². The largest absolute Gasteiger partial charge is 0.423 e. The molecular weight excluding hydrogens is 138 g/mol. The maximum Gasteiger partial charge on any atom is 0.309 e. The number of hydrogen-bond acceptors (Lipinski definition) is 4. The zero-order valence-corrected chi connectivity index (χ0v) is 5.03. The number of aliphatic hydroxyl groups is 1. The highest BCUT2D eigenvalue weighted by atomic mass is 16.7. The molecule has 0 saturated carbocycles. The third-order valence-electron chi connectivity index (χ3n) is 1.17. The van der Waals surface area contributed by atoms with E-state index in [-0.39, 0.29) is 6.42 Å². The second-order valence-corrected chi connectivity index (χ2v) is 1.94. The Labute approximate surface area is 56.8 Å². The molecule has 1 saturated heterocycles. The number of rotatable bonds is 1. The Kier molecular flexibility index (Phi) is 1.37. The molecule has 1 heterocycles. The molecule has 0 aromatic heterocycles. The van der Waals surface area contributed by atoms with E-state index in [9.17, 15) is 9.59 Å². The fourth-order valence-electron chi connectivity index (χ4n) is 0.629. The van der Waals surface area contributed by atoms with Gasteiger partial charge in [-0.05, 0) is 0 Å². The summed E-state index contributed by atoms with van der Waals surface area (Å²) in [5.74, 6) is -3.89. The van der Waals surface area contributed by atoms with Gasteiger partial charge in [-0.25, -0.2) is 0 Å². The average Bonchev–Trinajstić information content (AvgIpc) is 2.13. The number of ether oxygens (including phenoxy) is 1. The number of carbonyl (C=O) groups excluding carboxylic acids is 2. The van der Waals surface area contributed by atoms with Crippen molar-refractivity contribution in [2.45, 2.75) is 12.2 Å². The topological polar surface area (TPSA) is 89.6 Å². The third kappa shape index (κ3) is 0.950. The summed E-state index contributed by atoms with van der Waals surface area (Å²) in [6, 6.07) is 0. The van der Waals surface area contributed by atoms with Crippen LogP contribution < -0.4 is 5.73 Å². The van der Waals surface area contributed by atoms with Gasteiger partial charge in [0.05, 0.1) is 12.8 Å². The number of carbonyl (C=O) groups is 2. The molecule has 1 amide bonds. The molecular formula is C5H6NO4. The highest BCUT2D eigenvalue weighted by Gasteiger charge is 2.44. The van der Waals surface area contributed by atoms with Crippen LogP contribution in [0.3, 0.4) is 0 Å². The Balaban J connectivity index is 2.72. The van der Waals surface area contributed by atoms with Crippen LogP contribution in [0.25, 0.3) is 0 Å². The Morgan fingerprint density at radius 2 is 2.50 bits per heavy atom. The van der Waals surface area contributed by atoms with Gasteiger partial charge in [0.25, 0.3) is 11.7 Å². The lowest BCUT2D eigenvalue weighted by atomic mass is 10.2. The van der Waals surface area contributed by atoms with E-state index in [4.69, 9.17) is 10.8 Å². The molecule has 1 aliphatic heterocycles. The van der Waals surface area contributed by atoms with Gasteiger partial charge in [-0.1, -0.05) is 0 Å². The van der Waals surface area contributed by atoms with Crippen LogP contribution in [0.2, 0.25) is 0 Å². The zero-order chi connectivity index (χ0) is 7.78. The molecule has 1 fully saturated rings. The first-order valence-corrected chi connectivity index (χ1v) is 2.63. The molecule has 1 atom stereocenters. The molecule has 10 heavy (non-hydrogen) atoms. The molecule has 5 heteroatoms. The van der Waals surface area contributed by atoms with Crippen LogP contribution in [-0.4, -0.2) is 22.8 Å². The first-order valence-electron chi connectivity index (χ1n) is 2.63. The van der Waals surface area contributed by atoms with Crippen LogP contribution in [0.4, 0.5) is 0 Å². The van der Waals surface area contributed by atoms with Crippen LogP contribution in [-0.2, 0) is 14.3 Å². The molecule has 1 aliphatic rings. The van der Waals surface area contributed by atoms with E-state index in [2.05, 4.69) is 4.74 Å². The molecule has 1 unspecified atom stereocenters. The summed E-state index contributed by atoms with van der Waals surface area (Å²) in [6.45, 7) is 0. The molecule has 0 bridgehead atoms. The lowest BCUT2D eigenvalue weighted by molar-refractivity contribution is -0.186. The Bertz CT molecular complexity index is 190. The number of hydrogen-bond donors (Lipinski definition) is 2. The number of primary amides is 1. The van der Waals surface area contributed by atoms with Crippen molar-refractivity contribution in [2.75, 3.05) is 0 Å². The van der Waals surface area contributed by atoms with E-state index >= 15 is 0 Å². The van der Waals surface area contributed by atoms with Gasteiger partial charge >= 0.3 is 5.97 Å². The van der Waals surface area contributed by atoms with E-state index in [0.717, 1.165) is 6.42 Å². The lowest BCUT2D eigenvalue weighted by Crippen LogP contribution is -2.43. The lowest BCUT2D eigenvalue weighted by Gasteiger charge is -2.14. The van der Waals surface area contributed by atoms with Crippen molar-refractivity contribution in [1.82, 2.24) is 0 Å². The fraction of sp³-hybridized carbons (Fsp3) is 0.400. The number of cyclic esters (lactones) is 1. The molecule has 0 spiro atoms. The highest BCUT2D eigenvalue weighted by molar-refractivity contribution is 5.90. The standard InChI is InChI=1S/C5H6NO4/c6-4(8)5(9)2-1-3(7)10-5/h2,9H,1H2,(H2,6,8). The molecule has 0 aromatic rings. The van der Waals surface area contributed by atoms with Gasteiger partial charge < -0.3 is 15.6 Å². The summed E-state index contributed by atoms with van der Waals surface area (Å²) in [5, 5.41) is 8.97. The fourth-order valence-corrected chi connectivity index (χ4v) is 0.629. The average molecular weight is 144 g/mol. The summed E-state index contributed by atoms with van der Waals surface area (Å²) in [7, 11) is 0. The van der Waals surface area contributed by atoms with E-state index in [0.29, 0.717) is 0 Å². The molecule has 55 valence electrons. The van der Waals surface area contributed by atoms with E-state index in [1.54, 1.807) is 0 Å². The quantitative estimate of drug-likeness (QED) is 0.430. The van der Waals surface area contributed by atoms with Crippen LogP contribution in [0, 0.1) is 6.42 Å². The summed E-state index contributed by atoms with van der Waals surface area (Å²) in [5.41, 5.74) is 4.70. The third-order valence-corrected chi connectivity index (χ3v) is 1.17. The van der Waals surface area contributed by atoms with Gasteiger partial charge in [0.15, 0.2) is 0 Å².